The molecule has 5 heteroatoms. The predicted octanol–water partition coefficient (Wildman–Crippen LogP) is 3.00. The summed E-state index contributed by atoms with van der Waals surface area (Å²) in [7, 11) is 1.56. The summed E-state index contributed by atoms with van der Waals surface area (Å²) < 4.78 is 10.8. The third-order valence-corrected chi connectivity index (χ3v) is 2.62. The Bertz CT molecular complexity index is 491. The number of para-hydroxylation sites is 1. The van der Waals surface area contributed by atoms with Crippen LogP contribution < -0.4 is 9.47 Å². The number of hydrogen-bond acceptors (Lipinski definition) is 5. The van der Waals surface area contributed by atoms with E-state index in [9.17, 15) is 0 Å². The molecule has 0 spiro atoms. The first kappa shape index (κ1) is 11.7. The number of hydrogen-bond donors (Lipinski definition) is 0. The minimum Gasteiger partial charge on any atom is -0.490 e. The van der Waals surface area contributed by atoms with Crippen molar-refractivity contribution in [2.75, 3.05) is 13.4 Å². The van der Waals surface area contributed by atoms with Crippen LogP contribution in [-0.2, 0) is 0 Å². The van der Waals surface area contributed by atoms with E-state index in [-0.39, 0.29) is 0 Å². The summed E-state index contributed by atoms with van der Waals surface area (Å²) in [4.78, 5) is 8.38. The molecule has 88 valence electrons. The van der Waals surface area contributed by atoms with Crippen LogP contribution in [-0.4, -0.2) is 23.3 Å². The summed E-state index contributed by atoms with van der Waals surface area (Å²) in [5, 5.41) is 0.650. The van der Waals surface area contributed by atoms with Crippen LogP contribution in [0.2, 0.25) is 0 Å². The van der Waals surface area contributed by atoms with E-state index in [4.69, 9.17) is 9.47 Å². The summed E-state index contributed by atoms with van der Waals surface area (Å²) in [5.74, 6) is 1.67. The van der Waals surface area contributed by atoms with E-state index < -0.39 is 0 Å². The van der Waals surface area contributed by atoms with Crippen LogP contribution in [0, 0.1) is 0 Å². The topological polar surface area (TPSA) is 44.2 Å². The lowest BCUT2D eigenvalue weighted by Crippen LogP contribution is -1.96. The molecule has 2 rings (SSSR count). The zero-order chi connectivity index (χ0) is 12.1. The van der Waals surface area contributed by atoms with E-state index in [1.54, 1.807) is 13.3 Å². The lowest BCUT2D eigenvalue weighted by molar-refractivity contribution is 0.363. The molecule has 0 saturated carbocycles. The number of benzene rings is 1. The minimum absolute atomic E-state index is 0.429. The number of aromatic nitrogens is 2. The molecule has 0 fully saturated rings. The van der Waals surface area contributed by atoms with Crippen molar-refractivity contribution in [1.29, 1.82) is 0 Å². The maximum absolute atomic E-state index is 5.65. The Morgan fingerprint density at radius 1 is 1.18 bits per heavy atom. The molecule has 4 nitrogen and oxygen atoms in total. The summed E-state index contributed by atoms with van der Waals surface area (Å²) in [5.41, 5.74) is 0. The van der Waals surface area contributed by atoms with Gasteiger partial charge in [-0.15, -0.1) is 0 Å². The van der Waals surface area contributed by atoms with Crippen molar-refractivity contribution in [1.82, 2.24) is 9.97 Å². The second kappa shape index (κ2) is 5.54. The van der Waals surface area contributed by atoms with Gasteiger partial charge >= 0.3 is 0 Å². The number of methoxy groups -OCH3 is 1. The smallest absolute Gasteiger partial charge is 0.266 e. The van der Waals surface area contributed by atoms with E-state index in [2.05, 4.69) is 9.97 Å². The molecule has 0 N–H and O–H groups in total. The highest BCUT2D eigenvalue weighted by Gasteiger charge is 2.09. The van der Waals surface area contributed by atoms with Crippen LogP contribution in [0.4, 0.5) is 0 Å². The predicted molar refractivity (Wildman–Crippen MR) is 66.9 cm³/mol. The molecule has 0 unspecified atom stereocenters. The van der Waals surface area contributed by atoms with Crippen molar-refractivity contribution in [2.45, 2.75) is 5.16 Å². The van der Waals surface area contributed by atoms with Crippen LogP contribution >= 0.6 is 11.8 Å². The van der Waals surface area contributed by atoms with Crippen molar-refractivity contribution in [3.8, 4) is 17.4 Å². The number of rotatable bonds is 4. The SMILES string of the molecule is COc1cnc(SC)nc1Oc1ccccc1. The summed E-state index contributed by atoms with van der Waals surface area (Å²) in [6.45, 7) is 0. The average molecular weight is 248 g/mol. The van der Waals surface area contributed by atoms with Gasteiger partial charge < -0.3 is 9.47 Å². The molecule has 0 aliphatic rings. The summed E-state index contributed by atoms with van der Waals surface area (Å²) >= 11 is 1.45. The van der Waals surface area contributed by atoms with Crippen LogP contribution in [0.25, 0.3) is 0 Å². The van der Waals surface area contributed by atoms with E-state index in [0.29, 0.717) is 16.8 Å². The summed E-state index contributed by atoms with van der Waals surface area (Å²) in [6, 6.07) is 9.45. The lowest BCUT2D eigenvalue weighted by Gasteiger charge is -2.09. The fourth-order valence-corrected chi connectivity index (χ4v) is 1.58. The molecule has 1 aromatic heterocycles. The van der Waals surface area contributed by atoms with Crippen molar-refractivity contribution in [3.05, 3.63) is 36.5 Å². The largest absolute Gasteiger partial charge is 0.490 e. The first-order chi connectivity index (χ1) is 8.33. The van der Waals surface area contributed by atoms with Gasteiger partial charge in [0.1, 0.15) is 5.75 Å². The Hall–Kier alpha value is -1.75. The molecule has 0 aliphatic heterocycles. The van der Waals surface area contributed by atoms with Gasteiger partial charge in [-0.05, 0) is 18.4 Å². The van der Waals surface area contributed by atoms with E-state index in [1.807, 2.05) is 36.6 Å². The molecule has 2 aromatic rings. The quantitative estimate of drug-likeness (QED) is 0.614. The van der Waals surface area contributed by atoms with Gasteiger partial charge in [0.05, 0.1) is 13.3 Å². The van der Waals surface area contributed by atoms with Crippen LogP contribution in [0.5, 0.6) is 17.4 Å². The number of thioether (sulfide) groups is 1. The Labute approximate surface area is 104 Å². The molecule has 0 radical (unpaired) electrons. The molecule has 0 atom stereocenters. The molecule has 0 aliphatic carbocycles. The summed E-state index contributed by atoms with van der Waals surface area (Å²) in [6.07, 6.45) is 3.52. The highest BCUT2D eigenvalue weighted by Crippen LogP contribution is 2.29. The Balaban J connectivity index is 2.30. The third kappa shape index (κ3) is 2.88. The number of ether oxygens (including phenoxy) is 2. The van der Waals surface area contributed by atoms with Gasteiger partial charge in [0.15, 0.2) is 10.9 Å². The van der Waals surface area contributed by atoms with Crippen molar-refractivity contribution in [3.63, 3.8) is 0 Å². The second-order valence-corrected chi connectivity index (χ2v) is 3.92. The Kier molecular flexibility index (Phi) is 3.82. The molecule has 0 bridgehead atoms. The fraction of sp³-hybridized carbons (Fsp3) is 0.167. The number of nitrogens with zero attached hydrogens (tertiary/aromatic N) is 2. The lowest BCUT2D eigenvalue weighted by atomic mass is 10.3. The van der Waals surface area contributed by atoms with Crippen LogP contribution in [0.1, 0.15) is 0 Å². The molecule has 1 aromatic carbocycles. The Morgan fingerprint density at radius 2 is 1.94 bits per heavy atom. The Morgan fingerprint density at radius 3 is 2.59 bits per heavy atom. The standard InChI is InChI=1S/C12H12N2O2S/c1-15-10-8-13-12(17-2)14-11(10)16-9-6-4-3-5-7-9/h3-8H,1-2H3. The van der Waals surface area contributed by atoms with Gasteiger partial charge in [-0.1, -0.05) is 30.0 Å². The van der Waals surface area contributed by atoms with Gasteiger partial charge in [0.2, 0.25) is 0 Å². The van der Waals surface area contributed by atoms with Crippen LogP contribution in [0.15, 0.2) is 41.7 Å². The van der Waals surface area contributed by atoms with Crippen molar-refractivity contribution < 1.29 is 9.47 Å². The van der Waals surface area contributed by atoms with Crippen molar-refractivity contribution >= 4 is 11.8 Å². The highest BCUT2D eigenvalue weighted by molar-refractivity contribution is 7.98. The molecule has 17 heavy (non-hydrogen) atoms. The first-order valence-electron chi connectivity index (χ1n) is 5.01. The second-order valence-electron chi connectivity index (χ2n) is 3.15. The monoisotopic (exact) mass is 248 g/mol. The van der Waals surface area contributed by atoms with Crippen LogP contribution in [0.3, 0.4) is 0 Å². The van der Waals surface area contributed by atoms with Gasteiger partial charge in [0, 0.05) is 0 Å². The van der Waals surface area contributed by atoms with E-state index in [0.717, 1.165) is 5.75 Å². The molecule has 0 saturated heterocycles. The molecular formula is C12H12N2O2S. The first-order valence-corrected chi connectivity index (χ1v) is 6.24. The van der Waals surface area contributed by atoms with Gasteiger partial charge in [-0.2, -0.15) is 4.98 Å². The average Bonchev–Trinajstić information content (AvgIpc) is 2.40. The van der Waals surface area contributed by atoms with E-state index in [1.165, 1.54) is 11.8 Å². The van der Waals surface area contributed by atoms with Gasteiger partial charge in [0.25, 0.3) is 5.88 Å². The molecular weight excluding hydrogens is 236 g/mol. The van der Waals surface area contributed by atoms with Crippen molar-refractivity contribution in [2.24, 2.45) is 0 Å². The maximum Gasteiger partial charge on any atom is 0.266 e. The van der Waals surface area contributed by atoms with Gasteiger partial charge in [-0.3, -0.25) is 0 Å². The molecule has 1 heterocycles. The fourth-order valence-electron chi connectivity index (χ4n) is 1.25. The normalized spacial score (nSPS) is 10.0. The zero-order valence-corrected chi connectivity index (χ0v) is 10.4. The minimum atomic E-state index is 0.429. The van der Waals surface area contributed by atoms with Gasteiger partial charge in [-0.25, -0.2) is 4.98 Å². The molecule has 0 amide bonds. The highest BCUT2D eigenvalue weighted by atomic mass is 32.2. The van der Waals surface area contributed by atoms with E-state index >= 15 is 0 Å². The zero-order valence-electron chi connectivity index (χ0n) is 9.58. The maximum atomic E-state index is 5.65. The third-order valence-electron chi connectivity index (χ3n) is 2.06.